The SMILES string of the molecule is C[NH+](CC(=O)Nc1ccc(F)cc1)Cc1cc(=O)oc2cc3c(cc12)CCC3. The van der Waals surface area contributed by atoms with Gasteiger partial charge >= 0.3 is 5.63 Å². The van der Waals surface area contributed by atoms with Gasteiger partial charge in [-0.3, -0.25) is 4.79 Å². The molecule has 1 atom stereocenters. The van der Waals surface area contributed by atoms with Crippen molar-refractivity contribution in [2.75, 3.05) is 18.9 Å². The number of carbonyl (C=O) groups excluding carboxylic acids is 1. The summed E-state index contributed by atoms with van der Waals surface area (Å²) in [4.78, 5) is 25.2. The number of halogens is 1. The van der Waals surface area contributed by atoms with Crippen LogP contribution in [0.1, 0.15) is 23.1 Å². The number of carbonyl (C=O) groups is 1. The number of benzene rings is 2. The lowest BCUT2D eigenvalue weighted by Gasteiger charge is -2.15. The molecule has 144 valence electrons. The first-order chi connectivity index (χ1) is 13.5. The van der Waals surface area contributed by atoms with Crippen LogP contribution < -0.4 is 15.8 Å². The lowest BCUT2D eigenvalue weighted by Crippen LogP contribution is -3.08. The Bertz CT molecular complexity index is 1090. The number of hydrogen-bond acceptors (Lipinski definition) is 3. The Balaban J connectivity index is 1.50. The van der Waals surface area contributed by atoms with E-state index in [1.165, 1.54) is 41.5 Å². The molecular formula is C22H22FN2O3+. The van der Waals surface area contributed by atoms with Crippen molar-refractivity contribution in [1.29, 1.82) is 0 Å². The highest BCUT2D eigenvalue weighted by atomic mass is 19.1. The van der Waals surface area contributed by atoms with Crippen molar-refractivity contribution < 1.29 is 18.5 Å². The van der Waals surface area contributed by atoms with E-state index in [2.05, 4.69) is 11.4 Å². The maximum absolute atomic E-state index is 13.0. The van der Waals surface area contributed by atoms with Gasteiger partial charge in [0.2, 0.25) is 0 Å². The molecule has 1 unspecified atom stereocenters. The minimum atomic E-state index is -0.371. The minimum Gasteiger partial charge on any atom is -0.423 e. The van der Waals surface area contributed by atoms with Gasteiger partial charge in [-0.25, -0.2) is 9.18 Å². The lowest BCUT2D eigenvalue weighted by atomic mass is 10.0. The number of nitrogens with one attached hydrogen (secondary N) is 2. The number of anilines is 1. The van der Waals surface area contributed by atoms with E-state index in [-0.39, 0.29) is 23.9 Å². The summed E-state index contributed by atoms with van der Waals surface area (Å²) >= 11 is 0. The largest absolute Gasteiger partial charge is 0.423 e. The van der Waals surface area contributed by atoms with Crippen LogP contribution in [0.15, 0.2) is 51.7 Å². The molecule has 1 heterocycles. The summed E-state index contributed by atoms with van der Waals surface area (Å²) in [5.74, 6) is -0.515. The molecule has 1 amide bonds. The fourth-order valence-corrected chi connectivity index (χ4v) is 3.84. The highest BCUT2D eigenvalue weighted by Crippen LogP contribution is 2.28. The van der Waals surface area contributed by atoms with E-state index >= 15 is 0 Å². The van der Waals surface area contributed by atoms with Gasteiger partial charge in [-0.1, -0.05) is 0 Å². The van der Waals surface area contributed by atoms with E-state index in [1.54, 1.807) is 0 Å². The standard InChI is InChI=1S/C22H21FN2O3/c1-25(13-21(26)24-18-7-5-17(23)6-8-18)12-16-11-22(27)28-20-10-15-4-2-3-14(15)9-19(16)20/h5-11H,2-4,12-13H2,1H3,(H,24,26)/p+1. The number of quaternary nitrogens is 1. The molecule has 1 aliphatic rings. The second-order valence-corrected chi connectivity index (χ2v) is 7.43. The molecule has 0 saturated heterocycles. The summed E-state index contributed by atoms with van der Waals surface area (Å²) in [5.41, 5.74) is 4.26. The van der Waals surface area contributed by atoms with Gasteiger partial charge in [0.05, 0.1) is 7.05 Å². The molecule has 0 saturated carbocycles. The molecule has 1 aliphatic carbocycles. The van der Waals surface area contributed by atoms with Gasteiger partial charge in [-0.2, -0.15) is 0 Å². The number of fused-ring (bicyclic) bond motifs is 2. The van der Waals surface area contributed by atoms with Crippen LogP contribution in [0.5, 0.6) is 0 Å². The Kier molecular flexibility index (Phi) is 4.96. The van der Waals surface area contributed by atoms with Crippen molar-refractivity contribution in [3.05, 3.63) is 75.4 Å². The van der Waals surface area contributed by atoms with E-state index in [4.69, 9.17) is 4.42 Å². The van der Waals surface area contributed by atoms with E-state index in [0.29, 0.717) is 17.8 Å². The van der Waals surface area contributed by atoms with E-state index in [0.717, 1.165) is 35.1 Å². The van der Waals surface area contributed by atoms with Crippen molar-refractivity contribution in [3.63, 3.8) is 0 Å². The summed E-state index contributed by atoms with van der Waals surface area (Å²) in [6.45, 7) is 0.752. The zero-order valence-electron chi connectivity index (χ0n) is 15.7. The first-order valence-corrected chi connectivity index (χ1v) is 9.43. The number of aryl methyl sites for hydroxylation is 2. The van der Waals surface area contributed by atoms with Gasteiger partial charge in [0, 0.05) is 22.7 Å². The van der Waals surface area contributed by atoms with E-state index in [1.807, 2.05) is 13.1 Å². The Morgan fingerprint density at radius 2 is 1.86 bits per heavy atom. The molecular weight excluding hydrogens is 359 g/mol. The van der Waals surface area contributed by atoms with Crippen LogP contribution in [0, 0.1) is 5.82 Å². The fourth-order valence-electron chi connectivity index (χ4n) is 3.84. The third kappa shape index (κ3) is 3.97. The Morgan fingerprint density at radius 1 is 1.14 bits per heavy atom. The molecule has 3 aromatic rings. The summed E-state index contributed by atoms with van der Waals surface area (Å²) in [6, 6.07) is 11.3. The zero-order valence-corrected chi connectivity index (χ0v) is 15.7. The van der Waals surface area contributed by atoms with Gasteiger partial charge in [0.1, 0.15) is 17.9 Å². The summed E-state index contributed by atoms with van der Waals surface area (Å²) in [7, 11) is 1.90. The smallest absolute Gasteiger partial charge is 0.336 e. The predicted octanol–water partition coefficient (Wildman–Crippen LogP) is 2.07. The Hall–Kier alpha value is -2.99. The average Bonchev–Trinajstić information content (AvgIpc) is 3.09. The van der Waals surface area contributed by atoms with Crippen LogP contribution in [-0.4, -0.2) is 19.5 Å². The Labute approximate surface area is 161 Å². The van der Waals surface area contributed by atoms with Crippen LogP contribution in [0.3, 0.4) is 0 Å². The van der Waals surface area contributed by atoms with E-state index in [9.17, 15) is 14.0 Å². The molecule has 0 radical (unpaired) electrons. The molecule has 0 fully saturated rings. The number of hydrogen-bond donors (Lipinski definition) is 2. The average molecular weight is 381 g/mol. The molecule has 0 bridgehead atoms. The Morgan fingerprint density at radius 3 is 2.61 bits per heavy atom. The van der Waals surface area contributed by atoms with Crippen molar-refractivity contribution in [1.82, 2.24) is 0 Å². The van der Waals surface area contributed by atoms with Crippen molar-refractivity contribution >= 4 is 22.6 Å². The quantitative estimate of drug-likeness (QED) is 0.665. The summed E-state index contributed by atoms with van der Waals surface area (Å²) in [6.07, 6.45) is 3.19. The fraction of sp³-hybridized carbons (Fsp3) is 0.273. The van der Waals surface area contributed by atoms with Gasteiger partial charge in [0.15, 0.2) is 6.54 Å². The number of amides is 1. The topological polar surface area (TPSA) is 63.8 Å². The third-order valence-electron chi connectivity index (χ3n) is 5.13. The van der Waals surface area contributed by atoms with Gasteiger partial charge in [-0.05, 0) is 66.8 Å². The van der Waals surface area contributed by atoms with Gasteiger partial charge < -0.3 is 14.6 Å². The van der Waals surface area contributed by atoms with Gasteiger partial charge in [-0.15, -0.1) is 0 Å². The zero-order chi connectivity index (χ0) is 19.7. The first kappa shape index (κ1) is 18.4. The molecule has 5 nitrogen and oxygen atoms in total. The maximum atomic E-state index is 13.0. The van der Waals surface area contributed by atoms with Crippen LogP contribution in [0.4, 0.5) is 10.1 Å². The summed E-state index contributed by atoms with van der Waals surface area (Å²) < 4.78 is 18.4. The normalized spacial score (nSPS) is 14.1. The lowest BCUT2D eigenvalue weighted by molar-refractivity contribution is -0.885. The maximum Gasteiger partial charge on any atom is 0.336 e. The molecule has 2 N–H and O–H groups in total. The second-order valence-electron chi connectivity index (χ2n) is 7.43. The third-order valence-corrected chi connectivity index (χ3v) is 5.13. The monoisotopic (exact) mass is 381 g/mol. The van der Waals surface area contributed by atoms with Crippen molar-refractivity contribution in [2.45, 2.75) is 25.8 Å². The predicted molar refractivity (Wildman–Crippen MR) is 105 cm³/mol. The molecule has 6 heteroatoms. The van der Waals surface area contributed by atoms with E-state index < -0.39 is 0 Å². The van der Waals surface area contributed by atoms with Crippen LogP contribution in [0.2, 0.25) is 0 Å². The molecule has 1 aromatic heterocycles. The molecule has 0 spiro atoms. The highest BCUT2D eigenvalue weighted by Gasteiger charge is 2.18. The number of rotatable bonds is 5. The van der Waals surface area contributed by atoms with Crippen LogP contribution in [0.25, 0.3) is 11.0 Å². The molecule has 0 aliphatic heterocycles. The molecule has 4 rings (SSSR count). The van der Waals surface area contributed by atoms with Crippen molar-refractivity contribution in [2.24, 2.45) is 0 Å². The molecule has 2 aromatic carbocycles. The number of likely N-dealkylation sites (N-methyl/N-ethyl adjacent to an activating group) is 1. The van der Waals surface area contributed by atoms with Crippen molar-refractivity contribution in [3.8, 4) is 0 Å². The van der Waals surface area contributed by atoms with Crippen LogP contribution in [-0.2, 0) is 24.2 Å². The first-order valence-electron chi connectivity index (χ1n) is 9.43. The highest BCUT2D eigenvalue weighted by molar-refractivity contribution is 5.91. The van der Waals surface area contributed by atoms with Gasteiger partial charge in [0.25, 0.3) is 5.91 Å². The summed E-state index contributed by atoms with van der Waals surface area (Å²) in [5, 5.41) is 3.70. The molecule has 28 heavy (non-hydrogen) atoms. The minimum absolute atomic E-state index is 0.169. The second kappa shape index (κ2) is 7.56. The van der Waals surface area contributed by atoms with Crippen LogP contribution >= 0.6 is 0 Å².